The van der Waals surface area contributed by atoms with Gasteiger partial charge >= 0.3 is 0 Å². The maximum absolute atomic E-state index is 11.5. The Morgan fingerprint density at radius 2 is 2.20 bits per heavy atom. The summed E-state index contributed by atoms with van der Waals surface area (Å²) >= 11 is 0. The highest BCUT2D eigenvalue weighted by Crippen LogP contribution is 2.20. The van der Waals surface area contributed by atoms with Crippen LogP contribution in [0.3, 0.4) is 0 Å². The average Bonchev–Trinajstić information content (AvgIpc) is 2.27. The Morgan fingerprint density at radius 3 is 2.80 bits per heavy atom. The van der Waals surface area contributed by atoms with Crippen molar-refractivity contribution in [3.8, 4) is 5.75 Å². The van der Waals surface area contributed by atoms with Gasteiger partial charge in [0.1, 0.15) is 5.75 Å². The van der Waals surface area contributed by atoms with Gasteiger partial charge in [-0.3, -0.25) is 4.79 Å². The van der Waals surface area contributed by atoms with E-state index >= 15 is 0 Å². The van der Waals surface area contributed by atoms with Crippen molar-refractivity contribution in [2.45, 2.75) is 19.8 Å². The summed E-state index contributed by atoms with van der Waals surface area (Å²) in [5, 5.41) is 9.51. The van der Waals surface area contributed by atoms with Crippen molar-refractivity contribution >= 4 is 5.78 Å². The topological polar surface area (TPSA) is 46.5 Å². The molecule has 3 heteroatoms. The molecule has 0 saturated carbocycles. The number of phenols is 1. The molecular weight excluding hydrogens is 192 g/mol. The molecule has 1 aromatic carbocycles. The summed E-state index contributed by atoms with van der Waals surface area (Å²) < 4.78 is 4.96. The Hall–Kier alpha value is -1.35. The summed E-state index contributed by atoms with van der Waals surface area (Å²) in [6.07, 6.45) is 1.15. The lowest BCUT2D eigenvalue weighted by Crippen LogP contribution is -2.00. The first-order valence-corrected chi connectivity index (χ1v) is 5.03. The number of carbonyl (C=O) groups excluding carboxylic acids is 1. The predicted molar refractivity (Wildman–Crippen MR) is 58.3 cm³/mol. The van der Waals surface area contributed by atoms with Gasteiger partial charge in [-0.2, -0.15) is 0 Å². The first kappa shape index (κ1) is 11.7. The van der Waals surface area contributed by atoms with E-state index in [2.05, 4.69) is 0 Å². The number of methoxy groups -OCH3 is 1. The van der Waals surface area contributed by atoms with Gasteiger partial charge in [0.15, 0.2) is 5.78 Å². The third-order valence-electron chi connectivity index (χ3n) is 2.28. The highest BCUT2D eigenvalue weighted by Gasteiger charge is 2.09. The van der Waals surface area contributed by atoms with Gasteiger partial charge in [-0.15, -0.1) is 0 Å². The fraction of sp³-hybridized carbons (Fsp3) is 0.417. The maximum Gasteiger partial charge on any atom is 0.166 e. The summed E-state index contributed by atoms with van der Waals surface area (Å²) in [6, 6.07) is 5.11. The van der Waals surface area contributed by atoms with E-state index in [0.29, 0.717) is 18.6 Å². The summed E-state index contributed by atoms with van der Waals surface area (Å²) in [6.45, 7) is 2.40. The van der Waals surface area contributed by atoms with Gasteiger partial charge in [0, 0.05) is 13.5 Å². The summed E-state index contributed by atoms with van der Waals surface area (Å²) in [7, 11) is 1.64. The lowest BCUT2D eigenvalue weighted by atomic mass is 10.0. The highest BCUT2D eigenvalue weighted by atomic mass is 16.5. The minimum Gasteiger partial charge on any atom is -0.507 e. The zero-order valence-electron chi connectivity index (χ0n) is 9.12. The standard InChI is InChI=1S/C12H16O3/c1-3-11(13)10-8-9(6-7-15-2)4-5-12(10)14/h4-5,8,14H,3,6-7H2,1-2H3. The number of hydrogen-bond donors (Lipinski definition) is 1. The molecule has 3 nitrogen and oxygen atoms in total. The Balaban J connectivity index is 2.89. The van der Waals surface area contributed by atoms with Gasteiger partial charge < -0.3 is 9.84 Å². The number of phenolic OH excluding ortho intramolecular Hbond substituents is 1. The molecule has 0 aliphatic rings. The third-order valence-corrected chi connectivity index (χ3v) is 2.28. The molecular formula is C12H16O3. The molecule has 0 amide bonds. The molecule has 0 aliphatic carbocycles. The largest absolute Gasteiger partial charge is 0.507 e. The number of hydrogen-bond acceptors (Lipinski definition) is 3. The fourth-order valence-electron chi connectivity index (χ4n) is 1.37. The normalized spacial score (nSPS) is 10.3. The lowest BCUT2D eigenvalue weighted by molar-refractivity contribution is 0.0985. The van der Waals surface area contributed by atoms with Crippen molar-refractivity contribution in [3.63, 3.8) is 0 Å². The molecule has 0 bridgehead atoms. The van der Waals surface area contributed by atoms with Crippen molar-refractivity contribution in [2.75, 3.05) is 13.7 Å². The van der Waals surface area contributed by atoms with Crippen molar-refractivity contribution in [2.24, 2.45) is 0 Å². The number of Topliss-reactive ketones (excluding diaryl/α,β-unsaturated/α-hetero) is 1. The van der Waals surface area contributed by atoms with Gasteiger partial charge in [0.25, 0.3) is 0 Å². The van der Waals surface area contributed by atoms with Crippen LogP contribution in [0.4, 0.5) is 0 Å². The quantitative estimate of drug-likeness (QED) is 0.754. The predicted octanol–water partition coefficient (Wildman–Crippen LogP) is 2.17. The molecule has 0 radical (unpaired) electrons. The van der Waals surface area contributed by atoms with Crippen LogP contribution in [-0.2, 0) is 11.2 Å². The van der Waals surface area contributed by atoms with E-state index < -0.39 is 0 Å². The molecule has 0 atom stereocenters. The van der Waals surface area contributed by atoms with Crippen LogP contribution in [0, 0.1) is 0 Å². The van der Waals surface area contributed by atoms with Crippen LogP contribution in [0.2, 0.25) is 0 Å². The molecule has 0 fully saturated rings. The van der Waals surface area contributed by atoms with Gasteiger partial charge in [-0.1, -0.05) is 13.0 Å². The number of benzene rings is 1. The van der Waals surface area contributed by atoms with Crippen LogP contribution < -0.4 is 0 Å². The zero-order chi connectivity index (χ0) is 11.3. The van der Waals surface area contributed by atoms with Crippen LogP contribution in [0.15, 0.2) is 18.2 Å². The van der Waals surface area contributed by atoms with Crippen LogP contribution in [0.5, 0.6) is 5.75 Å². The molecule has 0 aromatic heterocycles. The lowest BCUT2D eigenvalue weighted by Gasteiger charge is -2.05. The second-order valence-electron chi connectivity index (χ2n) is 3.37. The number of ketones is 1. The zero-order valence-corrected chi connectivity index (χ0v) is 9.12. The Bertz CT molecular complexity index is 345. The molecule has 0 saturated heterocycles. The maximum atomic E-state index is 11.5. The third kappa shape index (κ3) is 3.06. The molecule has 15 heavy (non-hydrogen) atoms. The monoisotopic (exact) mass is 208 g/mol. The van der Waals surface area contributed by atoms with Crippen LogP contribution in [-0.4, -0.2) is 24.6 Å². The van der Waals surface area contributed by atoms with E-state index in [1.54, 1.807) is 32.2 Å². The minimum absolute atomic E-state index is 0.0354. The van der Waals surface area contributed by atoms with Crippen LogP contribution in [0.25, 0.3) is 0 Å². The summed E-state index contributed by atoms with van der Waals surface area (Å²) in [5.74, 6) is 0.0229. The van der Waals surface area contributed by atoms with Crippen LogP contribution in [0.1, 0.15) is 29.3 Å². The number of rotatable bonds is 5. The highest BCUT2D eigenvalue weighted by molar-refractivity contribution is 5.98. The summed E-state index contributed by atoms with van der Waals surface area (Å²) in [5.41, 5.74) is 1.41. The molecule has 1 aromatic rings. The average molecular weight is 208 g/mol. The second kappa shape index (κ2) is 5.51. The van der Waals surface area contributed by atoms with Crippen molar-refractivity contribution in [3.05, 3.63) is 29.3 Å². The van der Waals surface area contributed by atoms with Crippen molar-refractivity contribution < 1.29 is 14.6 Å². The number of aromatic hydroxyl groups is 1. The van der Waals surface area contributed by atoms with Gasteiger partial charge in [0.2, 0.25) is 0 Å². The van der Waals surface area contributed by atoms with Gasteiger partial charge in [-0.05, 0) is 24.1 Å². The smallest absolute Gasteiger partial charge is 0.166 e. The molecule has 0 aliphatic heterocycles. The van der Waals surface area contributed by atoms with E-state index in [-0.39, 0.29) is 11.5 Å². The van der Waals surface area contributed by atoms with E-state index in [9.17, 15) is 9.90 Å². The van der Waals surface area contributed by atoms with E-state index in [1.165, 1.54) is 0 Å². The molecule has 0 heterocycles. The molecule has 1 rings (SSSR count). The molecule has 0 spiro atoms. The Morgan fingerprint density at radius 1 is 1.47 bits per heavy atom. The first-order chi connectivity index (χ1) is 7.19. The van der Waals surface area contributed by atoms with Gasteiger partial charge in [-0.25, -0.2) is 0 Å². The number of carbonyl (C=O) groups is 1. The Kier molecular flexibility index (Phi) is 4.31. The SMILES string of the molecule is CCC(=O)c1cc(CCOC)ccc1O. The molecule has 82 valence electrons. The van der Waals surface area contributed by atoms with E-state index in [1.807, 2.05) is 0 Å². The molecule has 1 N–H and O–H groups in total. The van der Waals surface area contributed by atoms with Crippen molar-refractivity contribution in [1.29, 1.82) is 0 Å². The van der Waals surface area contributed by atoms with Gasteiger partial charge in [0.05, 0.1) is 12.2 Å². The number of ether oxygens (including phenoxy) is 1. The fourth-order valence-corrected chi connectivity index (χ4v) is 1.37. The molecule has 0 unspecified atom stereocenters. The van der Waals surface area contributed by atoms with Crippen molar-refractivity contribution in [1.82, 2.24) is 0 Å². The Labute approximate surface area is 89.7 Å². The minimum atomic E-state index is -0.0354. The van der Waals surface area contributed by atoms with E-state index in [0.717, 1.165) is 12.0 Å². The van der Waals surface area contributed by atoms with Crippen LogP contribution >= 0.6 is 0 Å². The second-order valence-corrected chi connectivity index (χ2v) is 3.37. The summed E-state index contributed by atoms with van der Waals surface area (Å²) in [4.78, 5) is 11.5. The first-order valence-electron chi connectivity index (χ1n) is 5.03. The van der Waals surface area contributed by atoms with E-state index in [4.69, 9.17) is 4.74 Å².